The van der Waals surface area contributed by atoms with Crippen LogP contribution in [-0.2, 0) is 4.79 Å². The monoisotopic (exact) mass is 324 g/mol. The maximum Gasteiger partial charge on any atom is 0.231 e. The fourth-order valence-corrected chi connectivity index (χ4v) is 5.30. The molecule has 1 aromatic rings. The first-order valence-electron chi connectivity index (χ1n) is 7.50. The lowest BCUT2D eigenvalue weighted by Gasteiger charge is -2.22. The van der Waals surface area contributed by atoms with Gasteiger partial charge in [0, 0.05) is 29.8 Å². The molecule has 2 N–H and O–H groups in total. The Morgan fingerprint density at radius 1 is 1.24 bits per heavy atom. The van der Waals surface area contributed by atoms with E-state index in [-0.39, 0.29) is 18.3 Å². The number of carbonyl (C=O) groups is 1. The van der Waals surface area contributed by atoms with Crippen molar-refractivity contribution in [1.29, 1.82) is 0 Å². The van der Waals surface area contributed by atoms with E-state index in [9.17, 15) is 4.79 Å². The van der Waals surface area contributed by atoms with Crippen molar-refractivity contribution < 1.29 is 4.79 Å². The number of fused-ring (bicyclic) bond motifs is 2. The second-order valence-corrected chi connectivity index (χ2v) is 7.37. The van der Waals surface area contributed by atoms with E-state index in [1.165, 1.54) is 16.9 Å². The van der Waals surface area contributed by atoms with Crippen molar-refractivity contribution in [1.82, 2.24) is 4.90 Å². The molecular formula is C16H21ClN2OS. The highest BCUT2D eigenvalue weighted by Gasteiger charge is 2.44. The number of benzene rings is 1. The maximum atomic E-state index is 12.8. The lowest BCUT2D eigenvalue weighted by molar-refractivity contribution is -0.131. The van der Waals surface area contributed by atoms with E-state index >= 15 is 0 Å². The minimum absolute atomic E-state index is 0. The summed E-state index contributed by atoms with van der Waals surface area (Å²) in [5.74, 6) is 2.48. The summed E-state index contributed by atoms with van der Waals surface area (Å²) >= 11 is 1.81. The summed E-state index contributed by atoms with van der Waals surface area (Å²) in [6.45, 7) is 1.81. The van der Waals surface area contributed by atoms with Gasteiger partial charge in [0.05, 0.1) is 5.92 Å². The minimum atomic E-state index is 0. The van der Waals surface area contributed by atoms with Gasteiger partial charge in [0.2, 0.25) is 5.91 Å². The quantitative estimate of drug-likeness (QED) is 0.863. The van der Waals surface area contributed by atoms with Crippen molar-refractivity contribution in [3.63, 3.8) is 0 Å². The Morgan fingerprint density at radius 2 is 2.05 bits per heavy atom. The first-order chi connectivity index (χ1) is 9.74. The zero-order chi connectivity index (χ0) is 13.7. The lowest BCUT2D eigenvalue weighted by Crippen LogP contribution is -2.36. The average Bonchev–Trinajstić information content (AvgIpc) is 3.14. The Morgan fingerprint density at radius 3 is 2.86 bits per heavy atom. The molecule has 1 saturated heterocycles. The number of nitrogens with zero attached hydrogens (tertiary/aromatic N) is 1. The molecule has 0 radical (unpaired) electrons. The molecule has 1 aromatic carbocycles. The average molecular weight is 325 g/mol. The van der Waals surface area contributed by atoms with Crippen molar-refractivity contribution in [2.24, 2.45) is 17.6 Å². The van der Waals surface area contributed by atoms with Gasteiger partial charge in [-0.25, -0.2) is 0 Å². The van der Waals surface area contributed by atoms with Gasteiger partial charge in [-0.3, -0.25) is 4.79 Å². The highest BCUT2D eigenvalue weighted by Crippen LogP contribution is 2.43. The summed E-state index contributed by atoms with van der Waals surface area (Å²) < 4.78 is 0. The molecule has 2 heterocycles. The van der Waals surface area contributed by atoms with Crippen LogP contribution in [0.15, 0.2) is 29.2 Å². The van der Waals surface area contributed by atoms with Crippen LogP contribution in [0.1, 0.15) is 24.3 Å². The summed E-state index contributed by atoms with van der Waals surface area (Å²) in [4.78, 5) is 16.2. The second kappa shape index (κ2) is 5.82. The zero-order valence-corrected chi connectivity index (χ0v) is 13.5. The highest BCUT2D eigenvalue weighted by molar-refractivity contribution is 7.99. The summed E-state index contributed by atoms with van der Waals surface area (Å²) in [5, 5.41) is 0. The van der Waals surface area contributed by atoms with Gasteiger partial charge in [0.1, 0.15) is 0 Å². The Balaban J connectivity index is 0.00000132. The SMILES string of the molecule is Cl.NC1CCC2CN(C(=O)C3CSc4ccccc43)CC12. The van der Waals surface area contributed by atoms with E-state index in [1.807, 2.05) is 17.8 Å². The molecule has 4 rings (SSSR count). The van der Waals surface area contributed by atoms with Gasteiger partial charge in [-0.1, -0.05) is 18.2 Å². The van der Waals surface area contributed by atoms with Crippen LogP contribution in [0.5, 0.6) is 0 Å². The number of hydrogen-bond donors (Lipinski definition) is 1. The third kappa shape index (κ3) is 2.47. The molecule has 3 aliphatic rings. The van der Waals surface area contributed by atoms with Crippen molar-refractivity contribution in [2.75, 3.05) is 18.8 Å². The number of amides is 1. The number of halogens is 1. The van der Waals surface area contributed by atoms with Crippen LogP contribution >= 0.6 is 24.2 Å². The molecule has 2 aliphatic heterocycles. The van der Waals surface area contributed by atoms with Gasteiger partial charge in [0.15, 0.2) is 0 Å². The van der Waals surface area contributed by atoms with Crippen molar-refractivity contribution in [2.45, 2.75) is 29.7 Å². The van der Waals surface area contributed by atoms with Crippen LogP contribution in [-0.4, -0.2) is 35.7 Å². The van der Waals surface area contributed by atoms with E-state index in [0.29, 0.717) is 23.8 Å². The molecule has 114 valence electrons. The Kier molecular flexibility index (Phi) is 4.21. The predicted molar refractivity (Wildman–Crippen MR) is 87.9 cm³/mol. The van der Waals surface area contributed by atoms with Crippen LogP contribution < -0.4 is 5.73 Å². The number of likely N-dealkylation sites (tertiary alicyclic amines) is 1. The molecule has 1 amide bonds. The van der Waals surface area contributed by atoms with Gasteiger partial charge in [-0.2, -0.15) is 0 Å². The number of hydrogen-bond acceptors (Lipinski definition) is 3. The molecule has 4 atom stereocenters. The standard InChI is InChI=1S/C16H20N2OS.ClH/c17-14-6-5-10-7-18(8-12(10)14)16(19)13-9-20-15-4-2-1-3-11(13)15;/h1-4,10,12-14H,5-9,17H2;1H. The largest absolute Gasteiger partial charge is 0.342 e. The van der Waals surface area contributed by atoms with Crippen LogP contribution in [0.4, 0.5) is 0 Å². The fourth-order valence-electron chi connectivity index (χ4n) is 4.07. The number of carbonyl (C=O) groups excluding carboxylic acids is 1. The fraction of sp³-hybridized carbons (Fsp3) is 0.562. The molecule has 3 nitrogen and oxygen atoms in total. The molecule has 0 aromatic heterocycles. The highest BCUT2D eigenvalue weighted by atomic mass is 35.5. The third-order valence-corrected chi connectivity index (χ3v) is 6.40. The molecule has 0 spiro atoms. The topological polar surface area (TPSA) is 46.3 Å². The number of thioether (sulfide) groups is 1. The molecule has 1 aliphatic carbocycles. The van der Waals surface area contributed by atoms with Gasteiger partial charge in [0.25, 0.3) is 0 Å². The van der Waals surface area contributed by atoms with Crippen LogP contribution in [0, 0.1) is 11.8 Å². The van der Waals surface area contributed by atoms with Gasteiger partial charge < -0.3 is 10.6 Å². The Bertz CT molecular complexity index is 553. The second-order valence-electron chi connectivity index (χ2n) is 6.31. The number of nitrogens with two attached hydrogens (primary N) is 1. The summed E-state index contributed by atoms with van der Waals surface area (Å²) in [5.41, 5.74) is 7.40. The summed E-state index contributed by atoms with van der Waals surface area (Å²) in [6.07, 6.45) is 2.34. The van der Waals surface area contributed by atoms with Crippen LogP contribution in [0.3, 0.4) is 0 Å². The van der Waals surface area contributed by atoms with Crippen molar-refractivity contribution >= 4 is 30.1 Å². The molecular weight excluding hydrogens is 304 g/mol. The normalized spacial score (nSPS) is 33.5. The van der Waals surface area contributed by atoms with Crippen LogP contribution in [0.2, 0.25) is 0 Å². The van der Waals surface area contributed by atoms with Gasteiger partial charge in [-0.15, -0.1) is 24.2 Å². The molecule has 21 heavy (non-hydrogen) atoms. The smallest absolute Gasteiger partial charge is 0.231 e. The third-order valence-electron chi connectivity index (χ3n) is 5.22. The maximum absolute atomic E-state index is 12.8. The van der Waals surface area contributed by atoms with E-state index in [4.69, 9.17) is 5.73 Å². The predicted octanol–water partition coefficient (Wildman–Crippen LogP) is 2.49. The van der Waals surface area contributed by atoms with E-state index in [0.717, 1.165) is 25.3 Å². The Hall–Kier alpha value is -0.710. The molecule has 0 bridgehead atoms. The molecule has 2 fully saturated rings. The Labute approximate surface area is 136 Å². The van der Waals surface area contributed by atoms with Gasteiger partial charge >= 0.3 is 0 Å². The van der Waals surface area contributed by atoms with E-state index in [1.54, 1.807) is 0 Å². The molecule has 5 heteroatoms. The molecule has 4 unspecified atom stereocenters. The summed E-state index contributed by atoms with van der Waals surface area (Å²) in [7, 11) is 0. The lowest BCUT2D eigenvalue weighted by atomic mass is 9.98. The first-order valence-corrected chi connectivity index (χ1v) is 8.48. The van der Waals surface area contributed by atoms with E-state index < -0.39 is 0 Å². The summed E-state index contributed by atoms with van der Waals surface area (Å²) in [6, 6.07) is 8.64. The van der Waals surface area contributed by atoms with Crippen molar-refractivity contribution in [3.05, 3.63) is 29.8 Å². The molecule has 1 saturated carbocycles. The van der Waals surface area contributed by atoms with Crippen LogP contribution in [0.25, 0.3) is 0 Å². The zero-order valence-electron chi connectivity index (χ0n) is 11.9. The van der Waals surface area contributed by atoms with Gasteiger partial charge in [-0.05, 0) is 36.3 Å². The number of rotatable bonds is 1. The van der Waals surface area contributed by atoms with Crippen molar-refractivity contribution in [3.8, 4) is 0 Å². The first kappa shape index (κ1) is 15.2. The minimum Gasteiger partial charge on any atom is -0.342 e. The van der Waals surface area contributed by atoms with E-state index in [2.05, 4.69) is 23.1 Å².